The number of carboxylic acids is 1. The summed E-state index contributed by atoms with van der Waals surface area (Å²) in [7, 11) is 1.74. The maximum absolute atomic E-state index is 12.3. The maximum atomic E-state index is 12.3. The number of para-hydroxylation sites is 1. The Bertz CT molecular complexity index is 713. The van der Waals surface area contributed by atoms with Crippen molar-refractivity contribution in [2.45, 2.75) is 26.7 Å². The van der Waals surface area contributed by atoms with E-state index in [1.54, 1.807) is 11.6 Å². The molecule has 4 heteroatoms. The van der Waals surface area contributed by atoms with E-state index in [9.17, 15) is 9.59 Å². The molecule has 0 fully saturated rings. The van der Waals surface area contributed by atoms with Gasteiger partial charge in [0.1, 0.15) is 0 Å². The zero-order valence-electron chi connectivity index (χ0n) is 11.4. The fraction of sp³-hybridized carbons (Fsp3) is 0.333. The molecule has 19 heavy (non-hydrogen) atoms. The van der Waals surface area contributed by atoms with Crippen LogP contribution in [-0.2, 0) is 18.3 Å². The van der Waals surface area contributed by atoms with Gasteiger partial charge < -0.3 is 9.67 Å². The van der Waals surface area contributed by atoms with Crippen molar-refractivity contribution in [3.05, 3.63) is 45.2 Å². The molecule has 2 rings (SSSR count). The van der Waals surface area contributed by atoms with E-state index in [1.165, 1.54) is 0 Å². The lowest BCUT2D eigenvalue weighted by atomic mass is 9.99. The lowest BCUT2D eigenvalue weighted by Gasteiger charge is -2.14. The smallest absolute Gasteiger partial charge is 0.303 e. The second-order valence-electron chi connectivity index (χ2n) is 4.83. The Labute approximate surface area is 111 Å². The van der Waals surface area contributed by atoms with Crippen LogP contribution in [0, 0.1) is 13.8 Å². The van der Waals surface area contributed by atoms with Crippen LogP contribution >= 0.6 is 0 Å². The lowest BCUT2D eigenvalue weighted by molar-refractivity contribution is -0.136. The second kappa shape index (κ2) is 4.88. The van der Waals surface area contributed by atoms with Crippen LogP contribution in [-0.4, -0.2) is 15.6 Å². The van der Waals surface area contributed by atoms with Gasteiger partial charge in [-0.1, -0.05) is 18.2 Å². The van der Waals surface area contributed by atoms with Crippen molar-refractivity contribution in [3.63, 3.8) is 0 Å². The Morgan fingerprint density at radius 1 is 1.32 bits per heavy atom. The van der Waals surface area contributed by atoms with Crippen LogP contribution in [0.5, 0.6) is 0 Å². The minimum absolute atomic E-state index is 0.0204. The summed E-state index contributed by atoms with van der Waals surface area (Å²) in [6.07, 6.45) is 0.255. The number of carboxylic acid groups (broad SMARTS) is 1. The van der Waals surface area contributed by atoms with Crippen molar-refractivity contribution in [3.8, 4) is 0 Å². The maximum Gasteiger partial charge on any atom is 0.303 e. The molecule has 0 radical (unpaired) electrons. The van der Waals surface area contributed by atoms with Crippen molar-refractivity contribution in [2.75, 3.05) is 0 Å². The van der Waals surface area contributed by atoms with Crippen LogP contribution in [0.1, 0.15) is 23.1 Å². The quantitative estimate of drug-likeness (QED) is 0.919. The molecular weight excluding hydrogens is 242 g/mol. The van der Waals surface area contributed by atoms with Gasteiger partial charge in [-0.2, -0.15) is 0 Å². The molecule has 0 saturated heterocycles. The van der Waals surface area contributed by atoms with Gasteiger partial charge in [-0.05, 0) is 31.4 Å². The zero-order valence-corrected chi connectivity index (χ0v) is 11.4. The van der Waals surface area contributed by atoms with Gasteiger partial charge in [-0.25, -0.2) is 0 Å². The summed E-state index contributed by atoms with van der Waals surface area (Å²) < 4.78 is 1.62. The second-order valence-corrected chi connectivity index (χ2v) is 4.83. The topological polar surface area (TPSA) is 59.3 Å². The first-order chi connectivity index (χ1) is 8.93. The van der Waals surface area contributed by atoms with Crippen LogP contribution in [0.2, 0.25) is 0 Å². The van der Waals surface area contributed by atoms with Gasteiger partial charge in [-0.3, -0.25) is 9.59 Å². The number of nitrogens with zero attached hydrogens (tertiary/aromatic N) is 1. The predicted molar refractivity (Wildman–Crippen MR) is 74.6 cm³/mol. The normalized spacial score (nSPS) is 10.9. The van der Waals surface area contributed by atoms with Crippen LogP contribution < -0.4 is 5.56 Å². The van der Waals surface area contributed by atoms with Gasteiger partial charge in [0.2, 0.25) is 0 Å². The molecule has 100 valence electrons. The number of aromatic nitrogens is 1. The highest BCUT2D eigenvalue weighted by molar-refractivity contribution is 5.86. The van der Waals surface area contributed by atoms with E-state index in [0.29, 0.717) is 5.56 Å². The monoisotopic (exact) mass is 259 g/mol. The molecule has 0 amide bonds. The van der Waals surface area contributed by atoms with E-state index < -0.39 is 5.97 Å². The molecule has 0 bridgehead atoms. The van der Waals surface area contributed by atoms with Crippen LogP contribution in [0.4, 0.5) is 0 Å². The molecule has 0 aliphatic rings. The van der Waals surface area contributed by atoms with E-state index in [0.717, 1.165) is 22.0 Å². The molecule has 1 heterocycles. The molecule has 0 spiro atoms. The average molecular weight is 259 g/mol. The number of carbonyl (C=O) groups is 1. The Kier molecular flexibility index (Phi) is 3.42. The fourth-order valence-electron chi connectivity index (χ4n) is 2.56. The Morgan fingerprint density at radius 3 is 2.63 bits per heavy atom. The molecule has 0 unspecified atom stereocenters. The summed E-state index contributed by atoms with van der Waals surface area (Å²) in [5.74, 6) is -0.884. The van der Waals surface area contributed by atoms with Crippen LogP contribution in [0.3, 0.4) is 0 Å². The number of hydrogen-bond donors (Lipinski definition) is 1. The number of benzene rings is 1. The Morgan fingerprint density at radius 2 is 2.00 bits per heavy atom. The summed E-state index contributed by atoms with van der Waals surface area (Å²) in [4.78, 5) is 23.0. The van der Waals surface area contributed by atoms with Crippen molar-refractivity contribution in [1.82, 2.24) is 4.57 Å². The van der Waals surface area contributed by atoms with E-state index in [1.807, 2.05) is 32.0 Å². The van der Waals surface area contributed by atoms with Gasteiger partial charge in [0.15, 0.2) is 0 Å². The molecule has 0 aliphatic carbocycles. The molecular formula is C15H17NO3. The van der Waals surface area contributed by atoms with Crippen molar-refractivity contribution in [1.29, 1.82) is 0 Å². The predicted octanol–water partition coefficient (Wildman–Crippen LogP) is 2.17. The van der Waals surface area contributed by atoms with Crippen LogP contribution in [0.25, 0.3) is 10.9 Å². The first-order valence-electron chi connectivity index (χ1n) is 6.23. The summed E-state index contributed by atoms with van der Waals surface area (Å²) in [6.45, 7) is 3.86. The van der Waals surface area contributed by atoms with Crippen molar-refractivity contribution in [2.24, 2.45) is 7.05 Å². The third-order valence-corrected chi connectivity index (χ3v) is 3.58. The number of aryl methyl sites for hydroxylation is 3. The summed E-state index contributed by atoms with van der Waals surface area (Å²) in [5.41, 5.74) is 3.36. The SMILES string of the molecule is Cc1c(CCC(=O)O)c(=O)n(C)c2c(C)cccc12. The summed E-state index contributed by atoms with van der Waals surface area (Å²) in [6, 6.07) is 5.90. The van der Waals surface area contributed by atoms with Crippen molar-refractivity contribution >= 4 is 16.9 Å². The lowest BCUT2D eigenvalue weighted by Crippen LogP contribution is -2.24. The van der Waals surface area contributed by atoms with E-state index >= 15 is 0 Å². The fourth-order valence-corrected chi connectivity index (χ4v) is 2.56. The van der Waals surface area contributed by atoms with E-state index in [4.69, 9.17) is 5.11 Å². The van der Waals surface area contributed by atoms with E-state index in [-0.39, 0.29) is 18.4 Å². The molecule has 1 aromatic carbocycles. The number of fused-ring (bicyclic) bond motifs is 1. The first-order valence-corrected chi connectivity index (χ1v) is 6.23. The average Bonchev–Trinajstić information content (AvgIpc) is 2.35. The number of pyridine rings is 1. The molecule has 0 aliphatic heterocycles. The number of aliphatic carboxylic acids is 1. The van der Waals surface area contributed by atoms with Gasteiger partial charge in [0.05, 0.1) is 5.52 Å². The standard InChI is InChI=1S/C15H17NO3/c1-9-5-4-6-11-10(2)12(7-8-13(17)18)15(19)16(3)14(9)11/h4-6H,7-8H2,1-3H3,(H,17,18). The highest BCUT2D eigenvalue weighted by atomic mass is 16.4. The van der Waals surface area contributed by atoms with Gasteiger partial charge in [0.25, 0.3) is 5.56 Å². The molecule has 0 saturated carbocycles. The summed E-state index contributed by atoms with van der Waals surface area (Å²) in [5, 5.41) is 9.79. The largest absolute Gasteiger partial charge is 0.481 e. The minimum Gasteiger partial charge on any atom is -0.481 e. The zero-order chi connectivity index (χ0) is 14.2. The van der Waals surface area contributed by atoms with Gasteiger partial charge in [0, 0.05) is 24.4 Å². The number of hydrogen-bond acceptors (Lipinski definition) is 2. The third-order valence-electron chi connectivity index (χ3n) is 3.58. The first kappa shape index (κ1) is 13.3. The van der Waals surface area contributed by atoms with Gasteiger partial charge >= 0.3 is 5.97 Å². The van der Waals surface area contributed by atoms with Gasteiger partial charge in [-0.15, -0.1) is 0 Å². The molecule has 2 aromatic rings. The van der Waals surface area contributed by atoms with E-state index in [2.05, 4.69) is 0 Å². The van der Waals surface area contributed by atoms with Crippen LogP contribution in [0.15, 0.2) is 23.0 Å². The summed E-state index contributed by atoms with van der Waals surface area (Å²) >= 11 is 0. The number of rotatable bonds is 3. The Hall–Kier alpha value is -2.10. The highest BCUT2D eigenvalue weighted by Crippen LogP contribution is 2.22. The molecule has 4 nitrogen and oxygen atoms in total. The minimum atomic E-state index is -0.884. The van der Waals surface area contributed by atoms with Crippen molar-refractivity contribution < 1.29 is 9.90 Å². The molecule has 1 N–H and O–H groups in total. The Balaban J connectivity index is 2.74. The third kappa shape index (κ3) is 2.26. The molecule has 0 atom stereocenters. The molecule has 1 aromatic heterocycles. The highest BCUT2D eigenvalue weighted by Gasteiger charge is 2.14.